The van der Waals surface area contributed by atoms with Crippen LogP contribution in [0.5, 0.6) is 5.75 Å². The van der Waals surface area contributed by atoms with E-state index in [1.807, 2.05) is 0 Å². The quantitative estimate of drug-likeness (QED) is 0.152. The molecule has 3 aromatic carbocycles. The molecule has 13 heteroatoms. The number of non-ortho nitro benzene ring substituents is 1. The van der Waals surface area contributed by atoms with Gasteiger partial charge in [0.05, 0.1) is 27.0 Å². The molecule has 2 aliphatic rings. The number of imide groups is 1. The highest BCUT2D eigenvalue weighted by Gasteiger charge is 2.42. The number of rotatable bonds is 6. The van der Waals surface area contributed by atoms with Gasteiger partial charge in [0.25, 0.3) is 23.2 Å². The van der Waals surface area contributed by atoms with Crippen molar-refractivity contribution in [3.05, 3.63) is 97.6 Å². The smallest absolute Gasteiger partial charge is 0.316 e. The molecule has 39 heavy (non-hydrogen) atoms. The van der Waals surface area contributed by atoms with Crippen LogP contribution in [0.25, 0.3) is 0 Å². The maximum atomic E-state index is 13.0. The van der Waals surface area contributed by atoms with Crippen LogP contribution in [0.2, 0.25) is 0 Å². The number of nitro groups is 2. The number of amides is 3. The molecule has 2 aliphatic heterocycles. The van der Waals surface area contributed by atoms with Crippen molar-refractivity contribution >= 4 is 46.4 Å². The summed E-state index contributed by atoms with van der Waals surface area (Å²) in [5, 5.41) is 22.2. The van der Waals surface area contributed by atoms with Crippen LogP contribution in [0.1, 0.15) is 32.7 Å². The Morgan fingerprint density at radius 1 is 0.949 bits per heavy atom. The van der Waals surface area contributed by atoms with Crippen molar-refractivity contribution in [2.24, 2.45) is 5.92 Å². The zero-order valence-corrected chi connectivity index (χ0v) is 20.2. The summed E-state index contributed by atoms with van der Waals surface area (Å²) in [5.74, 6) is -3.21. The number of carbonyl (C=O) groups excluding carboxylic acids is 4. The van der Waals surface area contributed by atoms with Crippen molar-refractivity contribution < 1.29 is 33.8 Å². The molecular weight excluding hydrogens is 512 g/mol. The highest BCUT2D eigenvalue weighted by atomic mass is 16.6. The Morgan fingerprint density at radius 3 is 2.31 bits per heavy atom. The summed E-state index contributed by atoms with van der Waals surface area (Å²) < 4.78 is 5.46. The molecule has 0 saturated carbocycles. The molecule has 1 fully saturated rings. The lowest BCUT2D eigenvalue weighted by atomic mass is 10.1. The van der Waals surface area contributed by atoms with Crippen molar-refractivity contribution in [3.63, 3.8) is 0 Å². The number of fused-ring (bicyclic) bond motifs is 1. The number of esters is 1. The van der Waals surface area contributed by atoms with Crippen LogP contribution in [-0.2, 0) is 9.59 Å². The first-order chi connectivity index (χ1) is 18.6. The van der Waals surface area contributed by atoms with Gasteiger partial charge in [0.1, 0.15) is 11.3 Å². The molecule has 0 aromatic heterocycles. The van der Waals surface area contributed by atoms with E-state index < -0.39 is 39.2 Å². The molecule has 0 radical (unpaired) electrons. The van der Waals surface area contributed by atoms with E-state index in [1.165, 1.54) is 59.5 Å². The number of carbonyl (C=O) groups is 4. The van der Waals surface area contributed by atoms with Gasteiger partial charge in [-0.1, -0.05) is 6.07 Å². The van der Waals surface area contributed by atoms with Gasteiger partial charge in [0, 0.05) is 36.9 Å². The van der Waals surface area contributed by atoms with Gasteiger partial charge in [-0.15, -0.1) is 0 Å². The molecular formula is C26H18N4O9. The normalized spacial score (nSPS) is 16.4. The zero-order chi connectivity index (χ0) is 28.0. The second-order valence-corrected chi connectivity index (χ2v) is 8.95. The minimum atomic E-state index is -0.828. The highest BCUT2D eigenvalue weighted by Crippen LogP contribution is 2.36. The van der Waals surface area contributed by atoms with Crippen LogP contribution in [0, 0.1) is 33.1 Å². The van der Waals surface area contributed by atoms with Crippen LogP contribution in [0.3, 0.4) is 0 Å². The zero-order valence-electron chi connectivity index (χ0n) is 20.2. The first kappa shape index (κ1) is 25.2. The topological polar surface area (TPSA) is 170 Å². The summed E-state index contributed by atoms with van der Waals surface area (Å²) in [7, 11) is 0. The number of ether oxygens (including phenoxy) is 1. The monoisotopic (exact) mass is 530 g/mol. The van der Waals surface area contributed by atoms with Crippen molar-refractivity contribution in [1.82, 2.24) is 0 Å². The molecule has 196 valence electrons. The van der Waals surface area contributed by atoms with Gasteiger partial charge >= 0.3 is 5.97 Å². The highest BCUT2D eigenvalue weighted by molar-refractivity contribution is 6.35. The standard InChI is InChI=1S/C26H18N4O9/c1-14-11-18(9-10-20(14)28-24(32)19-3-2-4-21(30(37)38)23(19)25(28)33)39-26(34)15-12-22(31)27(13-15)16-5-7-17(8-6-16)29(35)36/h2-11,15H,12-13H2,1H3/t15-/m1/s1. The third-order valence-corrected chi connectivity index (χ3v) is 6.55. The molecule has 1 atom stereocenters. The Bertz CT molecular complexity index is 1600. The van der Waals surface area contributed by atoms with Crippen LogP contribution in [-0.4, -0.2) is 40.1 Å². The van der Waals surface area contributed by atoms with Crippen molar-refractivity contribution in [3.8, 4) is 5.75 Å². The van der Waals surface area contributed by atoms with Crippen molar-refractivity contribution in [2.45, 2.75) is 13.3 Å². The molecule has 13 nitrogen and oxygen atoms in total. The lowest BCUT2D eigenvalue weighted by molar-refractivity contribution is -0.385. The Hall–Kier alpha value is -5.46. The van der Waals surface area contributed by atoms with Crippen molar-refractivity contribution in [2.75, 3.05) is 16.3 Å². The second kappa shape index (κ2) is 9.45. The number of hydrogen-bond acceptors (Lipinski definition) is 9. The van der Waals surface area contributed by atoms with E-state index in [4.69, 9.17) is 4.74 Å². The SMILES string of the molecule is Cc1cc(OC(=O)[C@@H]2CC(=O)N(c3ccc([N+](=O)[O-])cc3)C2)ccc1N1C(=O)c2cccc([N+](=O)[O-])c2C1=O. The molecule has 0 unspecified atom stereocenters. The maximum absolute atomic E-state index is 13.0. The minimum Gasteiger partial charge on any atom is -0.426 e. The van der Waals surface area contributed by atoms with Gasteiger partial charge in [-0.3, -0.25) is 39.4 Å². The summed E-state index contributed by atoms with van der Waals surface area (Å²) >= 11 is 0. The van der Waals surface area contributed by atoms with Crippen LogP contribution < -0.4 is 14.5 Å². The van der Waals surface area contributed by atoms with E-state index in [1.54, 1.807) is 6.92 Å². The van der Waals surface area contributed by atoms with Crippen LogP contribution >= 0.6 is 0 Å². The molecule has 0 aliphatic carbocycles. The van der Waals surface area contributed by atoms with Gasteiger partial charge in [-0.2, -0.15) is 0 Å². The summed E-state index contributed by atoms with van der Waals surface area (Å²) in [4.78, 5) is 74.4. The van der Waals surface area contributed by atoms with Gasteiger partial charge in [-0.25, -0.2) is 4.90 Å². The maximum Gasteiger partial charge on any atom is 0.316 e. The average molecular weight is 530 g/mol. The molecule has 5 rings (SSSR count). The van der Waals surface area contributed by atoms with E-state index in [0.717, 1.165) is 11.0 Å². The number of nitro benzene ring substituents is 2. The first-order valence-corrected chi connectivity index (χ1v) is 11.6. The fraction of sp³-hybridized carbons (Fsp3) is 0.154. The van der Waals surface area contributed by atoms with E-state index >= 15 is 0 Å². The summed E-state index contributed by atoms with van der Waals surface area (Å²) in [5.41, 5.74) is 0.0360. The summed E-state index contributed by atoms with van der Waals surface area (Å²) in [6.45, 7) is 1.61. The number of benzene rings is 3. The number of aryl methyl sites for hydroxylation is 1. The van der Waals surface area contributed by atoms with E-state index in [9.17, 15) is 39.4 Å². The van der Waals surface area contributed by atoms with Crippen molar-refractivity contribution in [1.29, 1.82) is 0 Å². The average Bonchev–Trinajstić information content (AvgIpc) is 3.41. The van der Waals surface area contributed by atoms with E-state index in [0.29, 0.717) is 11.3 Å². The van der Waals surface area contributed by atoms with Gasteiger partial charge < -0.3 is 9.64 Å². The number of hydrogen-bond donors (Lipinski definition) is 0. The Labute approximate surface area is 219 Å². The number of anilines is 2. The molecule has 0 bridgehead atoms. The summed E-state index contributed by atoms with van der Waals surface area (Å²) in [6, 6.07) is 13.4. The van der Waals surface area contributed by atoms with Gasteiger partial charge in [0.15, 0.2) is 0 Å². The minimum absolute atomic E-state index is 0.0281. The lowest BCUT2D eigenvalue weighted by Gasteiger charge is -2.18. The van der Waals surface area contributed by atoms with Crippen LogP contribution in [0.4, 0.5) is 22.7 Å². The predicted molar refractivity (Wildman–Crippen MR) is 135 cm³/mol. The second-order valence-electron chi connectivity index (χ2n) is 8.95. The fourth-order valence-corrected chi connectivity index (χ4v) is 4.65. The van der Waals surface area contributed by atoms with Crippen LogP contribution in [0.15, 0.2) is 60.7 Å². The predicted octanol–water partition coefficient (Wildman–Crippen LogP) is 3.57. The third kappa shape index (κ3) is 4.35. The molecule has 1 saturated heterocycles. The van der Waals surface area contributed by atoms with Gasteiger partial charge in [-0.05, 0) is 48.9 Å². The lowest BCUT2D eigenvalue weighted by Crippen LogP contribution is -2.30. The molecule has 0 spiro atoms. The van der Waals surface area contributed by atoms with E-state index in [2.05, 4.69) is 0 Å². The summed E-state index contributed by atoms with van der Waals surface area (Å²) in [6.07, 6.45) is -0.110. The molecule has 2 heterocycles. The number of nitrogens with zero attached hydrogens (tertiary/aromatic N) is 4. The first-order valence-electron chi connectivity index (χ1n) is 11.6. The molecule has 3 amide bonds. The Morgan fingerprint density at radius 2 is 1.67 bits per heavy atom. The van der Waals surface area contributed by atoms with Gasteiger partial charge in [0.2, 0.25) is 5.91 Å². The van der Waals surface area contributed by atoms with E-state index in [-0.39, 0.29) is 47.1 Å². The molecule has 3 aromatic rings. The fourth-order valence-electron chi connectivity index (χ4n) is 4.65. The Balaban J connectivity index is 1.31. The molecule has 0 N–H and O–H groups in total. The largest absolute Gasteiger partial charge is 0.426 e. The Kier molecular flexibility index (Phi) is 6.10. The third-order valence-electron chi connectivity index (χ3n) is 6.55.